The number of hydrogen-bond acceptors (Lipinski definition) is 4. The van der Waals surface area contributed by atoms with Gasteiger partial charge in [-0.3, -0.25) is 0 Å². The molecule has 1 aromatic rings. The Balaban J connectivity index is 3.30. The van der Waals surface area contributed by atoms with Crippen LogP contribution in [0.15, 0.2) is 6.07 Å². The topological polar surface area (TPSA) is 55.1 Å². The number of alkyl halides is 4. The number of halogens is 4. The molecule has 0 radical (unpaired) electrons. The number of nitriles is 1. The Hall–Kier alpha value is -2.04. The Kier molecular flexibility index (Phi) is 4.31. The number of rotatable bonds is 4. The van der Waals surface area contributed by atoms with Crippen molar-refractivity contribution >= 4 is 0 Å². The van der Waals surface area contributed by atoms with Crippen molar-refractivity contribution in [2.24, 2.45) is 0 Å². The van der Waals surface area contributed by atoms with Gasteiger partial charge in [-0.1, -0.05) is 0 Å². The van der Waals surface area contributed by atoms with Crippen LogP contribution in [0.2, 0.25) is 0 Å². The van der Waals surface area contributed by atoms with E-state index in [4.69, 9.17) is 5.26 Å². The third-order valence-electron chi connectivity index (χ3n) is 1.88. The SMILES string of the molecule is COc1cc(CF)nc(CC#N)c1OC(F)(F)F. The Bertz CT molecular complexity index is 468. The van der Waals surface area contributed by atoms with Crippen molar-refractivity contribution in [1.82, 2.24) is 4.98 Å². The summed E-state index contributed by atoms with van der Waals surface area (Å²) in [5.74, 6) is -1.04. The molecule has 0 saturated carbocycles. The highest BCUT2D eigenvalue weighted by Crippen LogP contribution is 2.35. The van der Waals surface area contributed by atoms with Crippen molar-refractivity contribution < 1.29 is 27.0 Å². The number of hydrogen-bond donors (Lipinski definition) is 0. The van der Waals surface area contributed by atoms with Crippen molar-refractivity contribution in [3.05, 3.63) is 17.5 Å². The van der Waals surface area contributed by atoms with Crippen LogP contribution in [-0.2, 0) is 13.1 Å². The second-order valence-electron chi connectivity index (χ2n) is 3.11. The van der Waals surface area contributed by atoms with Crippen LogP contribution in [-0.4, -0.2) is 18.5 Å². The highest BCUT2D eigenvalue weighted by atomic mass is 19.4. The highest BCUT2D eigenvalue weighted by Gasteiger charge is 2.34. The molecule has 1 aromatic heterocycles. The van der Waals surface area contributed by atoms with Gasteiger partial charge in [-0.05, 0) is 0 Å². The third kappa shape index (κ3) is 3.48. The molecule has 0 amide bonds. The van der Waals surface area contributed by atoms with E-state index in [1.54, 1.807) is 6.07 Å². The van der Waals surface area contributed by atoms with E-state index in [2.05, 4.69) is 14.5 Å². The zero-order valence-corrected chi connectivity index (χ0v) is 9.21. The fourth-order valence-electron chi connectivity index (χ4n) is 1.26. The summed E-state index contributed by atoms with van der Waals surface area (Å²) in [7, 11) is 1.11. The minimum Gasteiger partial charge on any atom is -0.493 e. The Morgan fingerprint density at radius 1 is 1.44 bits per heavy atom. The van der Waals surface area contributed by atoms with Gasteiger partial charge in [0.25, 0.3) is 0 Å². The van der Waals surface area contributed by atoms with Crippen LogP contribution in [0.4, 0.5) is 17.6 Å². The lowest BCUT2D eigenvalue weighted by Crippen LogP contribution is -2.19. The summed E-state index contributed by atoms with van der Waals surface area (Å²) in [6, 6.07) is 2.61. The van der Waals surface area contributed by atoms with Crippen LogP contribution in [0, 0.1) is 11.3 Å². The molecule has 0 aliphatic rings. The summed E-state index contributed by atoms with van der Waals surface area (Å²) >= 11 is 0. The average molecular weight is 264 g/mol. The molecule has 0 N–H and O–H groups in total. The van der Waals surface area contributed by atoms with Gasteiger partial charge in [-0.25, -0.2) is 9.37 Å². The first-order valence-electron chi connectivity index (χ1n) is 4.66. The fourth-order valence-corrected chi connectivity index (χ4v) is 1.26. The van der Waals surface area contributed by atoms with E-state index in [0.717, 1.165) is 13.2 Å². The van der Waals surface area contributed by atoms with Gasteiger partial charge >= 0.3 is 6.36 Å². The molecule has 0 fully saturated rings. The zero-order chi connectivity index (χ0) is 13.8. The first-order chi connectivity index (χ1) is 8.41. The zero-order valence-electron chi connectivity index (χ0n) is 9.21. The second kappa shape index (κ2) is 5.53. The molecule has 4 nitrogen and oxygen atoms in total. The fraction of sp³-hybridized carbons (Fsp3) is 0.400. The molecule has 1 rings (SSSR count). The van der Waals surface area contributed by atoms with Crippen molar-refractivity contribution in [2.75, 3.05) is 7.11 Å². The first kappa shape index (κ1) is 14.0. The third-order valence-corrected chi connectivity index (χ3v) is 1.88. The van der Waals surface area contributed by atoms with Crippen molar-refractivity contribution in [3.63, 3.8) is 0 Å². The van der Waals surface area contributed by atoms with Crippen LogP contribution >= 0.6 is 0 Å². The van der Waals surface area contributed by atoms with Crippen LogP contribution in [0.1, 0.15) is 11.4 Å². The van der Waals surface area contributed by atoms with Crippen molar-refractivity contribution in [3.8, 4) is 17.6 Å². The predicted octanol–water partition coefficient (Wildman–Crippen LogP) is 2.52. The van der Waals surface area contributed by atoms with Crippen LogP contribution < -0.4 is 9.47 Å². The molecule has 0 unspecified atom stereocenters. The monoisotopic (exact) mass is 264 g/mol. The van der Waals surface area contributed by atoms with Gasteiger partial charge in [0, 0.05) is 6.07 Å². The molecule has 0 aliphatic carbocycles. The number of ether oxygens (including phenoxy) is 2. The molecule has 8 heteroatoms. The summed E-state index contributed by atoms with van der Waals surface area (Å²) in [4.78, 5) is 3.57. The van der Waals surface area contributed by atoms with E-state index < -0.39 is 25.2 Å². The van der Waals surface area contributed by atoms with Gasteiger partial charge in [0.1, 0.15) is 12.4 Å². The summed E-state index contributed by atoms with van der Waals surface area (Å²) < 4.78 is 57.5. The van der Waals surface area contributed by atoms with E-state index in [-0.39, 0.29) is 17.1 Å². The molecule has 0 saturated heterocycles. The van der Waals surface area contributed by atoms with Crippen LogP contribution in [0.25, 0.3) is 0 Å². The lowest BCUT2D eigenvalue weighted by molar-refractivity contribution is -0.275. The maximum atomic E-state index is 12.5. The normalized spacial score (nSPS) is 10.9. The molecule has 0 bridgehead atoms. The first-order valence-corrected chi connectivity index (χ1v) is 4.66. The second-order valence-corrected chi connectivity index (χ2v) is 3.11. The summed E-state index contributed by atoms with van der Waals surface area (Å²) in [6.45, 7) is -0.985. The lowest BCUT2D eigenvalue weighted by atomic mass is 10.2. The van der Waals surface area contributed by atoms with Crippen LogP contribution in [0.3, 0.4) is 0 Å². The molecule has 98 valence electrons. The molecule has 0 spiro atoms. The highest BCUT2D eigenvalue weighted by molar-refractivity contribution is 5.45. The number of pyridine rings is 1. The molecule has 0 aromatic carbocycles. The molecule has 18 heavy (non-hydrogen) atoms. The molecular weight excluding hydrogens is 256 g/mol. The van der Waals surface area contributed by atoms with Crippen LogP contribution in [0.5, 0.6) is 11.5 Å². The van der Waals surface area contributed by atoms with Gasteiger partial charge in [-0.2, -0.15) is 5.26 Å². The number of aromatic nitrogens is 1. The number of methoxy groups -OCH3 is 1. The van der Waals surface area contributed by atoms with E-state index in [9.17, 15) is 17.6 Å². The van der Waals surface area contributed by atoms with E-state index in [1.165, 1.54) is 0 Å². The van der Waals surface area contributed by atoms with Gasteiger partial charge in [-0.15, -0.1) is 13.2 Å². The smallest absolute Gasteiger partial charge is 0.493 e. The molecule has 0 aliphatic heterocycles. The predicted molar refractivity (Wildman–Crippen MR) is 51.6 cm³/mol. The summed E-state index contributed by atoms with van der Waals surface area (Å²) in [5, 5.41) is 8.51. The standard InChI is InChI=1S/C10H8F4N2O2/c1-17-8-4-6(5-11)16-7(2-3-15)9(8)18-10(12,13)14/h4H,2,5H2,1H3. The van der Waals surface area contributed by atoms with E-state index >= 15 is 0 Å². The summed E-state index contributed by atoms with van der Waals surface area (Å²) in [6.07, 6.45) is -5.40. The van der Waals surface area contributed by atoms with E-state index in [1.807, 2.05) is 0 Å². The average Bonchev–Trinajstić information content (AvgIpc) is 2.29. The Morgan fingerprint density at radius 2 is 2.11 bits per heavy atom. The lowest BCUT2D eigenvalue weighted by Gasteiger charge is -2.15. The van der Waals surface area contributed by atoms with Gasteiger partial charge in [0.2, 0.25) is 0 Å². The minimum absolute atomic E-state index is 0.133. The van der Waals surface area contributed by atoms with Gasteiger partial charge in [0.05, 0.1) is 25.3 Å². The maximum Gasteiger partial charge on any atom is 0.573 e. The molecule has 1 heterocycles. The van der Waals surface area contributed by atoms with E-state index in [0.29, 0.717) is 0 Å². The largest absolute Gasteiger partial charge is 0.573 e. The quantitative estimate of drug-likeness (QED) is 0.784. The van der Waals surface area contributed by atoms with Gasteiger partial charge < -0.3 is 9.47 Å². The Labute approximate surface area is 99.8 Å². The summed E-state index contributed by atoms with van der Waals surface area (Å²) in [5.41, 5.74) is -0.451. The molecular formula is C10H8F4N2O2. The minimum atomic E-state index is -4.95. The van der Waals surface area contributed by atoms with Crippen molar-refractivity contribution in [2.45, 2.75) is 19.5 Å². The molecule has 0 atom stereocenters. The number of nitrogens with zero attached hydrogens (tertiary/aromatic N) is 2. The Morgan fingerprint density at radius 3 is 2.56 bits per heavy atom. The maximum absolute atomic E-state index is 12.5. The van der Waals surface area contributed by atoms with Gasteiger partial charge in [0.15, 0.2) is 11.5 Å². The van der Waals surface area contributed by atoms with Crippen molar-refractivity contribution in [1.29, 1.82) is 5.26 Å².